The average molecular weight is 397 g/mol. The Bertz CT molecular complexity index is 763. The first-order chi connectivity index (χ1) is 14.1. The van der Waals surface area contributed by atoms with Gasteiger partial charge in [0.25, 0.3) is 0 Å². The van der Waals surface area contributed by atoms with E-state index in [1.807, 2.05) is 25.5 Å². The van der Waals surface area contributed by atoms with Crippen molar-refractivity contribution < 1.29 is 0 Å². The van der Waals surface area contributed by atoms with Crippen molar-refractivity contribution in [2.24, 2.45) is 0 Å². The van der Waals surface area contributed by atoms with Crippen LogP contribution in [0, 0.1) is 0 Å². The second kappa shape index (κ2) is 10.6. The third-order valence-electron chi connectivity index (χ3n) is 5.81. The Morgan fingerprint density at radius 1 is 1.17 bits per heavy atom. The zero-order chi connectivity index (χ0) is 20.6. The molecule has 0 aliphatic carbocycles. The molecule has 158 valence electrons. The van der Waals surface area contributed by atoms with E-state index in [1.54, 1.807) is 0 Å². The Morgan fingerprint density at radius 3 is 2.72 bits per heavy atom. The maximum Gasteiger partial charge on any atom is 0.0564 e. The van der Waals surface area contributed by atoms with Crippen LogP contribution in [0.15, 0.2) is 36.7 Å². The lowest BCUT2D eigenvalue weighted by molar-refractivity contribution is 0.187. The van der Waals surface area contributed by atoms with Gasteiger partial charge in [0.1, 0.15) is 0 Å². The monoisotopic (exact) mass is 396 g/mol. The maximum absolute atomic E-state index is 4.59. The lowest BCUT2D eigenvalue weighted by Crippen LogP contribution is -2.46. The molecule has 6 nitrogen and oxygen atoms in total. The fourth-order valence-electron chi connectivity index (χ4n) is 4.25. The average Bonchev–Trinajstić information content (AvgIpc) is 3.19. The summed E-state index contributed by atoms with van der Waals surface area (Å²) in [6.45, 7) is 5.14. The molecule has 0 radical (unpaired) electrons. The minimum absolute atomic E-state index is 0.472. The minimum atomic E-state index is 0.472. The highest BCUT2D eigenvalue weighted by Gasteiger charge is 2.31. The largest absolute Gasteiger partial charge is 0.388 e. The smallest absolute Gasteiger partial charge is 0.0564 e. The summed E-state index contributed by atoms with van der Waals surface area (Å²) in [5, 5.41) is 7.04. The molecule has 6 heteroatoms. The summed E-state index contributed by atoms with van der Waals surface area (Å²) >= 11 is 0. The Kier molecular flexibility index (Phi) is 7.83. The van der Waals surface area contributed by atoms with E-state index in [0.717, 1.165) is 36.7 Å². The van der Waals surface area contributed by atoms with Crippen LogP contribution in [0.5, 0.6) is 0 Å². The van der Waals surface area contributed by atoms with Crippen molar-refractivity contribution in [1.82, 2.24) is 20.2 Å². The van der Waals surface area contributed by atoms with Gasteiger partial charge in [0, 0.05) is 70.1 Å². The van der Waals surface area contributed by atoms with Gasteiger partial charge in [-0.2, -0.15) is 0 Å². The molecule has 0 amide bonds. The summed E-state index contributed by atoms with van der Waals surface area (Å²) in [5.41, 5.74) is 4.56. The first-order valence-electron chi connectivity index (χ1n) is 10.8. The number of nitrogens with one attached hydrogen (secondary N) is 2. The second-order valence-corrected chi connectivity index (χ2v) is 8.14. The molecule has 2 atom stereocenters. The minimum Gasteiger partial charge on any atom is -0.388 e. The molecule has 1 saturated heterocycles. The highest BCUT2D eigenvalue weighted by atomic mass is 15.2. The summed E-state index contributed by atoms with van der Waals surface area (Å²) in [4.78, 5) is 13.9. The second-order valence-electron chi connectivity index (χ2n) is 8.14. The van der Waals surface area contributed by atoms with Gasteiger partial charge in [-0.3, -0.25) is 14.9 Å². The van der Waals surface area contributed by atoms with Crippen molar-refractivity contribution in [1.29, 1.82) is 0 Å². The Morgan fingerprint density at radius 2 is 1.97 bits per heavy atom. The zero-order valence-electron chi connectivity index (χ0n) is 18.4. The summed E-state index contributed by atoms with van der Waals surface area (Å²) in [6, 6.07) is 9.43. The van der Waals surface area contributed by atoms with Crippen LogP contribution in [-0.2, 0) is 13.1 Å². The van der Waals surface area contributed by atoms with Gasteiger partial charge in [0.15, 0.2) is 0 Å². The van der Waals surface area contributed by atoms with Gasteiger partial charge in [-0.1, -0.05) is 13.3 Å². The normalized spacial score (nSPS) is 18.0. The molecule has 1 aliphatic heterocycles. The number of anilines is 2. The number of likely N-dealkylation sites (tertiary alicyclic amines) is 1. The lowest BCUT2D eigenvalue weighted by Gasteiger charge is -2.32. The van der Waals surface area contributed by atoms with E-state index in [2.05, 4.69) is 69.6 Å². The lowest BCUT2D eigenvalue weighted by atomic mass is 10.0. The number of nitrogens with zero attached hydrogens (tertiary/aromatic N) is 4. The van der Waals surface area contributed by atoms with Crippen molar-refractivity contribution in [3.05, 3.63) is 48.0 Å². The molecule has 2 aromatic heterocycles. The van der Waals surface area contributed by atoms with Crippen molar-refractivity contribution in [2.45, 2.75) is 57.8 Å². The van der Waals surface area contributed by atoms with E-state index in [-0.39, 0.29) is 0 Å². The summed E-state index contributed by atoms with van der Waals surface area (Å²) in [7, 11) is 6.10. The number of pyridine rings is 2. The van der Waals surface area contributed by atoms with E-state index in [1.165, 1.54) is 31.4 Å². The van der Waals surface area contributed by atoms with Gasteiger partial charge in [-0.25, -0.2) is 0 Å². The SMILES string of the molecule is CCCC(NCc1cc(N(C)C)ccn1)C1CCCN1Cc1cc(NC)ccn1. The molecular formula is C23H36N6. The molecule has 2 aromatic rings. The number of rotatable bonds is 10. The van der Waals surface area contributed by atoms with Crippen LogP contribution in [-0.4, -0.2) is 54.6 Å². The van der Waals surface area contributed by atoms with Crippen molar-refractivity contribution in [2.75, 3.05) is 37.9 Å². The Labute approximate surface area is 175 Å². The number of hydrogen-bond acceptors (Lipinski definition) is 6. The van der Waals surface area contributed by atoms with Crippen LogP contribution in [0.1, 0.15) is 44.0 Å². The van der Waals surface area contributed by atoms with Gasteiger partial charge in [0.05, 0.1) is 11.4 Å². The summed E-state index contributed by atoms with van der Waals surface area (Å²) in [5.74, 6) is 0. The van der Waals surface area contributed by atoms with Gasteiger partial charge in [0.2, 0.25) is 0 Å². The van der Waals surface area contributed by atoms with E-state index in [4.69, 9.17) is 0 Å². The standard InChI is InChI=1S/C23H36N6/c1-5-7-22(27-16-19-15-21(28(3)4)10-12-25-19)23-8-6-13-29(23)17-20-14-18(24-2)9-11-26-20/h9-12,14-15,22-23,27H,5-8,13,16-17H2,1-4H3,(H,24,26). The first-order valence-corrected chi connectivity index (χ1v) is 10.8. The molecule has 29 heavy (non-hydrogen) atoms. The molecule has 2 N–H and O–H groups in total. The predicted octanol–water partition coefficient (Wildman–Crippen LogP) is 3.51. The molecule has 0 aromatic carbocycles. The highest BCUT2D eigenvalue weighted by molar-refractivity contribution is 5.44. The molecule has 0 saturated carbocycles. The van der Waals surface area contributed by atoms with Crippen LogP contribution >= 0.6 is 0 Å². The molecule has 0 bridgehead atoms. The molecular weight excluding hydrogens is 360 g/mol. The Balaban J connectivity index is 1.66. The summed E-state index contributed by atoms with van der Waals surface area (Å²) in [6.07, 6.45) is 8.67. The van der Waals surface area contributed by atoms with Gasteiger partial charge >= 0.3 is 0 Å². The maximum atomic E-state index is 4.59. The van der Waals surface area contributed by atoms with E-state index in [0.29, 0.717) is 12.1 Å². The van der Waals surface area contributed by atoms with Crippen LogP contribution in [0.2, 0.25) is 0 Å². The molecule has 1 aliphatic rings. The fraction of sp³-hybridized carbons (Fsp3) is 0.565. The van der Waals surface area contributed by atoms with Gasteiger partial charge in [-0.05, 0) is 50.1 Å². The first kappa shape index (κ1) is 21.5. The quantitative estimate of drug-likeness (QED) is 0.641. The van der Waals surface area contributed by atoms with Gasteiger partial charge < -0.3 is 15.5 Å². The van der Waals surface area contributed by atoms with Crippen LogP contribution in [0.3, 0.4) is 0 Å². The Hall–Kier alpha value is -2.18. The zero-order valence-corrected chi connectivity index (χ0v) is 18.4. The number of aromatic nitrogens is 2. The molecule has 0 spiro atoms. The topological polar surface area (TPSA) is 56.3 Å². The number of hydrogen-bond donors (Lipinski definition) is 2. The van der Waals surface area contributed by atoms with E-state index in [9.17, 15) is 0 Å². The van der Waals surface area contributed by atoms with E-state index < -0.39 is 0 Å². The van der Waals surface area contributed by atoms with Crippen molar-refractivity contribution >= 4 is 11.4 Å². The van der Waals surface area contributed by atoms with Crippen molar-refractivity contribution in [3.8, 4) is 0 Å². The molecule has 2 unspecified atom stereocenters. The molecule has 3 rings (SSSR count). The molecule has 3 heterocycles. The van der Waals surface area contributed by atoms with Crippen LogP contribution in [0.4, 0.5) is 11.4 Å². The van der Waals surface area contributed by atoms with Gasteiger partial charge in [-0.15, -0.1) is 0 Å². The van der Waals surface area contributed by atoms with Crippen LogP contribution in [0.25, 0.3) is 0 Å². The molecule has 1 fully saturated rings. The predicted molar refractivity (Wildman–Crippen MR) is 121 cm³/mol. The van der Waals surface area contributed by atoms with Crippen molar-refractivity contribution in [3.63, 3.8) is 0 Å². The third-order valence-corrected chi connectivity index (χ3v) is 5.81. The fourth-order valence-corrected chi connectivity index (χ4v) is 4.25. The van der Waals surface area contributed by atoms with Crippen LogP contribution < -0.4 is 15.5 Å². The van der Waals surface area contributed by atoms with E-state index >= 15 is 0 Å². The summed E-state index contributed by atoms with van der Waals surface area (Å²) < 4.78 is 0. The third kappa shape index (κ3) is 5.90. The highest BCUT2D eigenvalue weighted by Crippen LogP contribution is 2.25.